The molecule has 5 nitrogen and oxygen atoms in total. The van der Waals surface area contributed by atoms with E-state index in [0.717, 1.165) is 0 Å². The van der Waals surface area contributed by atoms with Gasteiger partial charge in [0.1, 0.15) is 0 Å². The molecule has 6 heavy (non-hydrogen) atoms. The first-order chi connectivity index (χ1) is 2.24. The molecule has 8 N–H and O–H groups in total. The minimum atomic E-state index is -4.10. The van der Waals surface area contributed by atoms with Crippen molar-refractivity contribution in [2.75, 3.05) is 0 Å². The Morgan fingerprint density at radius 3 is 1.00 bits per heavy atom. The van der Waals surface area contributed by atoms with E-state index in [0.29, 0.717) is 0 Å². The van der Waals surface area contributed by atoms with Crippen LogP contribution in [-0.4, -0.2) is 4.21 Å². The molecule has 0 aliphatic rings. The highest BCUT2D eigenvalue weighted by Gasteiger charge is 2.06. The summed E-state index contributed by atoms with van der Waals surface area (Å²) in [6, 6.07) is 0. The molecular formula is H8N4OS. The third-order valence-electron chi connectivity index (χ3n) is 0. The van der Waals surface area contributed by atoms with Crippen molar-refractivity contribution >= 4 is 9.81 Å². The summed E-state index contributed by atoms with van der Waals surface area (Å²) in [5, 5.41) is 17.9. The second kappa shape index (κ2) is 0.796. The van der Waals surface area contributed by atoms with Crippen molar-refractivity contribution in [3.63, 3.8) is 0 Å². The van der Waals surface area contributed by atoms with Gasteiger partial charge in [-0.1, -0.05) is 0 Å². The molecule has 0 unspecified atom stereocenters. The van der Waals surface area contributed by atoms with Crippen LogP contribution in [0, 0.1) is 0 Å². The predicted molar refractivity (Wildman–Crippen MR) is 24.9 cm³/mol. The molecule has 0 atom stereocenters. The fourth-order valence-corrected chi connectivity index (χ4v) is 0. The Morgan fingerprint density at radius 2 is 1.00 bits per heavy atom. The topological polar surface area (TPSA) is 121 Å². The van der Waals surface area contributed by atoms with Gasteiger partial charge in [-0.15, -0.1) is 0 Å². The molecule has 0 amide bonds. The predicted octanol–water partition coefficient (Wildman–Crippen LogP) is -2.70. The molecule has 0 aromatic rings. The van der Waals surface area contributed by atoms with Crippen LogP contribution < -0.4 is 20.6 Å². The van der Waals surface area contributed by atoms with Crippen LogP contribution in [0.1, 0.15) is 0 Å². The van der Waals surface area contributed by atoms with Crippen LogP contribution in [0.5, 0.6) is 0 Å². The van der Waals surface area contributed by atoms with Gasteiger partial charge in [0.15, 0.2) is 0 Å². The standard InChI is InChI=1S/H8N4OS/c1-6(2,3,4)5/h(H8,1,2,3,4,5). The molecule has 0 aromatic carbocycles. The van der Waals surface area contributed by atoms with Crippen molar-refractivity contribution in [1.29, 1.82) is 0 Å². The number of hydrogen-bond donors (Lipinski definition) is 4. The third-order valence-corrected chi connectivity index (χ3v) is 0. The monoisotopic (exact) mass is 112 g/mol. The van der Waals surface area contributed by atoms with Crippen molar-refractivity contribution in [1.82, 2.24) is 0 Å². The molecule has 0 heterocycles. The van der Waals surface area contributed by atoms with Crippen molar-refractivity contribution in [2.45, 2.75) is 0 Å². The number of hydrogen-bond acceptors (Lipinski definition) is 1. The first kappa shape index (κ1) is 5.99. The Labute approximate surface area is 35.6 Å². The van der Waals surface area contributed by atoms with Crippen molar-refractivity contribution < 1.29 is 4.21 Å². The first-order valence-corrected chi connectivity index (χ1v) is 3.33. The minimum Gasteiger partial charge on any atom is -0.239 e. The van der Waals surface area contributed by atoms with Crippen LogP contribution >= 0.6 is 0 Å². The summed E-state index contributed by atoms with van der Waals surface area (Å²) in [7, 11) is -4.10. The lowest BCUT2D eigenvalue weighted by molar-refractivity contribution is 0.660. The van der Waals surface area contributed by atoms with Crippen molar-refractivity contribution in [2.24, 2.45) is 20.6 Å². The van der Waals surface area contributed by atoms with E-state index >= 15 is 0 Å². The average Bonchev–Trinajstić information content (AvgIpc) is 0.650. The highest BCUT2D eigenvalue weighted by atomic mass is 32.3. The van der Waals surface area contributed by atoms with E-state index in [2.05, 4.69) is 20.6 Å². The normalized spacial score (nSPS) is 19.0. The lowest BCUT2D eigenvalue weighted by Gasteiger charge is -2.20. The summed E-state index contributed by atoms with van der Waals surface area (Å²) in [5.74, 6) is 0. The summed E-state index contributed by atoms with van der Waals surface area (Å²) in [6.07, 6.45) is 0. The van der Waals surface area contributed by atoms with E-state index in [1.807, 2.05) is 0 Å². The van der Waals surface area contributed by atoms with E-state index in [-0.39, 0.29) is 0 Å². The van der Waals surface area contributed by atoms with E-state index in [1.165, 1.54) is 0 Å². The van der Waals surface area contributed by atoms with Crippen LogP contribution in [0.2, 0.25) is 0 Å². The molecule has 0 saturated carbocycles. The van der Waals surface area contributed by atoms with Crippen LogP contribution in [-0.2, 0) is 9.81 Å². The summed E-state index contributed by atoms with van der Waals surface area (Å²) in [4.78, 5) is 0. The summed E-state index contributed by atoms with van der Waals surface area (Å²) >= 11 is 0. The third kappa shape index (κ3) is 357000. The molecule has 6 heteroatoms. The molecule has 0 aliphatic carbocycles. The summed E-state index contributed by atoms with van der Waals surface area (Å²) < 4.78 is 9.90. The zero-order valence-corrected chi connectivity index (χ0v) is 3.94. The quantitative estimate of drug-likeness (QED) is 0.268. The molecule has 0 radical (unpaired) electrons. The Kier molecular flexibility index (Phi) is 0.795. The molecule has 0 rings (SSSR count). The Hall–Kier alpha value is -0.0100. The van der Waals surface area contributed by atoms with Gasteiger partial charge in [-0.05, 0) is 0 Å². The smallest absolute Gasteiger partial charge is 0.0902 e. The highest BCUT2D eigenvalue weighted by molar-refractivity contribution is 8.12. The van der Waals surface area contributed by atoms with Crippen molar-refractivity contribution in [3.8, 4) is 0 Å². The minimum absolute atomic E-state index is 4.10. The first-order valence-electron chi connectivity index (χ1n) is 1.11. The number of rotatable bonds is 0. The Bertz CT molecular complexity index is 85.2. The zero-order chi connectivity index (χ0) is 5.45. The fourth-order valence-electron chi connectivity index (χ4n) is 0. The zero-order valence-electron chi connectivity index (χ0n) is 3.13. The van der Waals surface area contributed by atoms with Crippen molar-refractivity contribution in [3.05, 3.63) is 0 Å². The Morgan fingerprint density at radius 1 is 1.00 bits per heavy atom. The molecule has 0 spiro atoms. The highest BCUT2D eigenvalue weighted by Crippen LogP contribution is 1.71. The van der Waals surface area contributed by atoms with Crippen LogP contribution in [0.3, 0.4) is 0 Å². The van der Waals surface area contributed by atoms with Crippen LogP contribution in [0.15, 0.2) is 0 Å². The van der Waals surface area contributed by atoms with Gasteiger partial charge in [0.2, 0.25) is 0 Å². The fraction of sp³-hybridized carbons (Fsp3) is 0. The molecular weight excluding hydrogens is 104 g/mol. The molecule has 0 fully saturated rings. The van der Waals surface area contributed by atoms with E-state index in [9.17, 15) is 4.21 Å². The van der Waals surface area contributed by atoms with Crippen LogP contribution in [0.4, 0.5) is 0 Å². The van der Waals surface area contributed by atoms with E-state index < -0.39 is 9.81 Å². The van der Waals surface area contributed by atoms with Gasteiger partial charge in [-0.25, -0.2) is 24.8 Å². The second-order valence-corrected chi connectivity index (χ2v) is 3.60. The van der Waals surface area contributed by atoms with Gasteiger partial charge in [0.05, 0.1) is 9.81 Å². The lowest BCUT2D eigenvalue weighted by atomic mass is 13.8. The summed E-state index contributed by atoms with van der Waals surface area (Å²) in [5.41, 5.74) is 0. The average molecular weight is 112 g/mol. The molecule has 40 valence electrons. The van der Waals surface area contributed by atoms with Gasteiger partial charge in [-0.3, -0.25) is 0 Å². The van der Waals surface area contributed by atoms with Gasteiger partial charge in [0.25, 0.3) is 0 Å². The molecule has 0 aliphatic heterocycles. The number of nitrogens with two attached hydrogens (primary N) is 4. The lowest BCUT2D eigenvalue weighted by Crippen LogP contribution is -2.66. The Balaban J connectivity index is 4.16. The maximum Gasteiger partial charge on any atom is 0.0902 e. The second-order valence-electron chi connectivity index (χ2n) is 1.20. The van der Waals surface area contributed by atoms with Gasteiger partial charge < -0.3 is 0 Å². The van der Waals surface area contributed by atoms with E-state index in [1.54, 1.807) is 0 Å². The SMILES string of the molecule is NS(N)(N)(N)=O. The van der Waals surface area contributed by atoms with E-state index in [4.69, 9.17) is 0 Å². The maximum absolute atomic E-state index is 9.90. The van der Waals surface area contributed by atoms with Gasteiger partial charge in [-0.2, -0.15) is 0 Å². The molecule has 0 aromatic heterocycles. The van der Waals surface area contributed by atoms with Gasteiger partial charge >= 0.3 is 0 Å². The van der Waals surface area contributed by atoms with Crippen LogP contribution in [0.25, 0.3) is 0 Å². The summed E-state index contributed by atoms with van der Waals surface area (Å²) in [6.45, 7) is 0. The van der Waals surface area contributed by atoms with Gasteiger partial charge in [0, 0.05) is 0 Å². The maximum atomic E-state index is 9.90. The molecule has 0 bridgehead atoms. The largest absolute Gasteiger partial charge is 0.239 e. The molecule has 0 saturated heterocycles.